The van der Waals surface area contributed by atoms with Crippen LogP contribution >= 0.6 is 15.9 Å². The first-order chi connectivity index (χ1) is 9.49. The van der Waals surface area contributed by atoms with Crippen LogP contribution in [0.2, 0.25) is 0 Å². The van der Waals surface area contributed by atoms with Gasteiger partial charge >= 0.3 is 0 Å². The molecule has 1 atom stereocenters. The summed E-state index contributed by atoms with van der Waals surface area (Å²) < 4.78 is 14.3. The second kappa shape index (κ2) is 6.15. The first-order valence-electron chi connectivity index (χ1n) is 6.02. The fraction of sp³-hybridized carbons (Fsp3) is 0.133. The van der Waals surface area contributed by atoms with E-state index in [0.717, 1.165) is 0 Å². The number of amides is 1. The maximum absolute atomic E-state index is 13.7. The number of aliphatic hydroxyl groups is 1. The number of carbonyl (C=O) groups is 1. The molecule has 0 radical (unpaired) electrons. The summed E-state index contributed by atoms with van der Waals surface area (Å²) in [6, 6.07) is 11.1. The monoisotopic (exact) mass is 337 g/mol. The lowest BCUT2D eigenvalue weighted by Crippen LogP contribution is -2.15. The van der Waals surface area contributed by atoms with Crippen molar-refractivity contribution in [3.05, 3.63) is 63.9 Å². The Morgan fingerprint density at radius 1 is 1.30 bits per heavy atom. The van der Waals surface area contributed by atoms with Gasteiger partial charge in [-0.15, -0.1) is 0 Å². The third-order valence-electron chi connectivity index (χ3n) is 2.83. The second-order valence-electron chi connectivity index (χ2n) is 4.34. The number of carbonyl (C=O) groups excluding carboxylic acids is 1. The van der Waals surface area contributed by atoms with Gasteiger partial charge in [0.2, 0.25) is 0 Å². The fourth-order valence-electron chi connectivity index (χ4n) is 1.84. The molecule has 2 rings (SSSR count). The van der Waals surface area contributed by atoms with Crippen LogP contribution in [-0.2, 0) is 0 Å². The number of hydrogen-bond donors (Lipinski definition) is 2. The summed E-state index contributed by atoms with van der Waals surface area (Å²) in [7, 11) is 0. The van der Waals surface area contributed by atoms with Gasteiger partial charge in [0.05, 0.1) is 11.7 Å². The van der Waals surface area contributed by atoms with Crippen LogP contribution in [0.25, 0.3) is 0 Å². The van der Waals surface area contributed by atoms with Gasteiger partial charge < -0.3 is 10.4 Å². The van der Waals surface area contributed by atoms with Crippen LogP contribution in [0.3, 0.4) is 0 Å². The maximum atomic E-state index is 13.7. The molecule has 0 fully saturated rings. The number of rotatable bonds is 3. The van der Waals surface area contributed by atoms with Gasteiger partial charge in [-0.3, -0.25) is 4.79 Å². The van der Waals surface area contributed by atoms with E-state index < -0.39 is 17.8 Å². The highest BCUT2D eigenvalue weighted by Crippen LogP contribution is 2.23. The molecule has 0 aliphatic carbocycles. The molecule has 2 aromatic rings. The van der Waals surface area contributed by atoms with Crippen LogP contribution in [0.15, 0.2) is 46.9 Å². The van der Waals surface area contributed by atoms with Crippen molar-refractivity contribution >= 4 is 27.5 Å². The Balaban J connectivity index is 2.28. The number of hydrogen-bond acceptors (Lipinski definition) is 2. The van der Waals surface area contributed by atoms with Gasteiger partial charge in [0.15, 0.2) is 0 Å². The van der Waals surface area contributed by atoms with Crippen LogP contribution in [0.5, 0.6) is 0 Å². The van der Waals surface area contributed by atoms with E-state index >= 15 is 0 Å². The van der Waals surface area contributed by atoms with Crippen LogP contribution in [0.1, 0.15) is 28.9 Å². The minimum absolute atomic E-state index is 0.0476. The van der Waals surface area contributed by atoms with E-state index in [4.69, 9.17) is 0 Å². The van der Waals surface area contributed by atoms with Crippen molar-refractivity contribution in [2.24, 2.45) is 0 Å². The molecule has 1 unspecified atom stereocenters. The second-order valence-corrected chi connectivity index (χ2v) is 5.26. The molecular formula is C15H13BrFNO2. The number of para-hydroxylation sites is 1. The lowest BCUT2D eigenvalue weighted by atomic mass is 10.1. The quantitative estimate of drug-likeness (QED) is 0.892. The minimum Gasteiger partial charge on any atom is -0.389 e. The molecule has 3 nitrogen and oxygen atoms in total. The Morgan fingerprint density at radius 3 is 2.65 bits per heavy atom. The lowest BCUT2D eigenvalue weighted by Gasteiger charge is -2.13. The summed E-state index contributed by atoms with van der Waals surface area (Å²) in [5.74, 6) is -1.16. The highest BCUT2D eigenvalue weighted by Gasteiger charge is 2.15. The van der Waals surface area contributed by atoms with Gasteiger partial charge in [-0.05, 0) is 31.2 Å². The topological polar surface area (TPSA) is 49.3 Å². The average molecular weight is 338 g/mol. The summed E-state index contributed by atoms with van der Waals surface area (Å²) in [5.41, 5.74) is 1.00. The predicted octanol–water partition coefficient (Wildman–Crippen LogP) is 3.89. The zero-order chi connectivity index (χ0) is 14.7. The van der Waals surface area contributed by atoms with Gasteiger partial charge in [-0.2, -0.15) is 0 Å². The number of aliphatic hydroxyl groups excluding tert-OH is 1. The SMILES string of the molecule is CC(O)c1ccccc1NC(=O)c1ccc(Br)cc1F. The maximum Gasteiger partial charge on any atom is 0.258 e. The predicted molar refractivity (Wildman–Crippen MR) is 79.1 cm³/mol. The molecule has 0 aliphatic rings. The van der Waals surface area contributed by atoms with Crippen molar-refractivity contribution in [1.82, 2.24) is 0 Å². The van der Waals surface area contributed by atoms with Gasteiger partial charge in [-0.1, -0.05) is 34.1 Å². The summed E-state index contributed by atoms with van der Waals surface area (Å²) in [6.45, 7) is 1.60. The molecule has 0 aliphatic heterocycles. The van der Waals surface area contributed by atoms with Crippen LogP contribution < -0.4 is 5.32 Å². The molecule has 2 N–H and O–H groups in total. The fourth-order valence-corrected chi connectivity index (χ4v) is 2.17. The standard InChI is InChI=1S/C15H13BrFNO2/c1-9(19)11-4-2-3-5-14(11)18-15(20)12-7-6-10(16)8-13(12)17/h2-9,19H,1H3,(H,18,20). The van der Waals surface area contributed by atoms with Crippen molar-refractivity contribution in [2.45, 2.75) is 13.0 Å². The van der Waals surface area contributed by atoms with E-state index in [9.17, 15) is 14.3 Å². The Kier molecular flexibility index (Phi) is 4.52. The molecule has 0 saturated carbocycles. The van der Waals surface area contributed by atoms with Crippen LogP contribution in [0.4, 0.5) is 10.1 Å². The molecule has 1 amide bonds. The van der Waals surface area contributed by atoms with E-state index in [1.807, 2.05) is 0 Å². The third kappa shape index (κ3) is 3.23. The van der Waals surface area contributed by atoms with E-state index in [1.165, 1.54) is 12.1 Å². The number of halogens is 2. The van der Waals surface area contributed by atoms with E-state index in [-0.39, 0.29) is 5.56 Å². The zero-order valence-corrected chi connectivity index (χ0v) is 12.3. The summed E-state index contributed by atoms with van der Waals surface area (Å²) >= 11 is 3.14. The molecule has 20 heavy (non-hydrogen) atoms. The van der Waals surface area contributed by atoms with Crippen LogP contribution in [-0.4, -0.2) is 11.0 Å². The Hall–Kier alpha value is -1.72. The highest BCUT2D eigenvalue weighted by atomic mass is 79.9. The van der Waals surface area contributed by atoms with Crippen molar-refractivity contribution < 1.29 is 14.3 Å². The Labute approximate surface area is 124 Å². The molecule has 5 heteroatoms. The van der Waals surface area contributed by atoms with Gasteiger partial charge in [-0.25, -0.2) is 4.39 Å². The Bertz CT molecular complexity index is 644. The van der Waals surface area contributed by atoms with E-state index in [1.54, 1.807) is 37.3 Å². The summed E-state index contributed by atoms with van der Waals surface area (Å²) in [5, 5.41) is 12.3. The average Bonchev–Trinajstić information content (AvgIpc) is 2.38. The van der Waals surface area contributed by atoms with Crippen molar-refractivity contribution in [3.63, 3.8) is 0 Å². The first kappa shape index (κ1) is 14.7. The molecule has 0 spiro atoms. The van der Waals surface area contributed by atoms with Crippen molar-refractivity contribution in [1.29, 1.82) is 0 Å². The number of benzene rings is 2. The molecular weight excluding hydrogens is 325 g/mol. The zero-order valence-electron chi connectivity index (χ0n) is 10.7. The number of anilines is 1. The smallest absolute Gasteiger partial charge is 0.258 e. The molecule has 0 heterocycles. The van der Waals surface area contributed by atoms with Gasteiger partial charge in [0.25, 0.3) is 5.91 Å². The van der Waals surface area contributed by atoms with Gasteiger partial charge in [0, 0.05) is 15.7 Å². The summed E-state index contributed by atoms with van der Waals surface area (Å²) in [6.07, 6.45) is -0.721. The normalized spacial score (nSPS) is 12.0. The molecule has 0 aromatic heterocycles. The molecule has 0 saturated heterocycles. The largest absolute Gasteiger partial charge is 0.389 e. The lowest BCUT2D eigenvalue weighted by molar-refractivity contribution is 0.102. The van der Waals surface area contributed by atoms with Crippen molar-refractivity contribution in [2.75, 3.05) is 5.32 Å². The van der Waals surface area contributed by atoms with E-state index in [2.05, 4.69) is 21.2 Å². The third-order valence-corrected chi connectivity index (χ3v) is 3.33. The first-order valence-corrected chi connectivity index (χ1v) is 6.81. The van der Waals surface area contributed by atoms with Crippen molar-refractivity contribution in [3.8, 4) is 0 Å². The number of nitrogens with one attached hydrogen (secondary N) is 1. The summed E-state index contributed by atoms with van der Waals surface area (Å²) in [4.78, 5) is 12.1. The highest BCUT2D eigenvalue weighted by molar-refractivity contribution is 9.10. The molecule has 0 bridgehead atoms. The van der Waals surface area contributed by atoms with Gasteiger partial charge in [0.1, 0.15) is 5.82 Å². The Morgan fingerprint density at radius 2 is 2.00 bits per heavy atom. The molecule has 104 valence electrons. The minimum atomic E-state index is -0.721. The molecule has 2 aromatic carbocycles. The van der Waals surface area contributed by atoms with Crippen LogP contribution in [0, 0.1) is 5.82 Å². The van der Waals surface area contributed by atoms with E-state index in [0.29, 0.717) is 15.7 Å².